The number of unbranched alkanes of at least 4 members (excludes halogenated alkanes) is 1. The third-order valence-electron chi connectivity index (χ3n) is 4.97. The lowest BCUT2D eigenvalue weighted by Crippen LogP contribution is -2.44. The highest BCUT2D eigenvalue weighted by Crippen LogP contribution is 2.11. The lowest BCUT2D eigenvalue weighted by atomic mass is 10.2. The minimum atomic E-state index is 0.0341. The van der Waals surface area contributed by atoms with Crippen molar-refractivity contribution in [1.29, 1.82) is 0 Å². The minimum Gasteiger partial charge on any atom is -0.321 e. The zero-order chi connectivity index (χ0) is 17.5. The standard InChI is InChI=1S/C19H29N5O/c1-21-11-13-22(14-12-21)9-5-6-10-23-15-16-24(19(23)25)20-17-18-7-3-2-4-8-18/h2-4,7-8,17H,5-6,9-16H2,1H3/b20-17+. The number of nitrogens with zero attached hydrogens (tertiary/aromatic N) is 5. The van der Waals surface area contributed by atoms with Crippen molar-refractivity contribution in [1.82, 2.24) is 19.7 Å². The van der Waals surface area contributed by atoms with Crippen molar-refractivity contribution in [2.45, 2.75) is 12.8 Å². The van der Waals surface area contributed by atoms with Crippen LogP contribution in [0.3, 0.4) is 0 Å². The number of carbonyl (C=O) groups excluding carboxylic acids is 1. The fourth-order valence-electron chi connectivity index (χ4n) is 3.27. The van der Waals surface area contributed by atoms with E-state index < -0.39 is 0 Å². The van der Waals surface area contributed by atoms with Gasteiger partial charge in [-0.25, -0.2) is 9.80 Å². The first-order valence-corrected chi connectivity index (χ1v) is 9.29. The largest absolute Gasteiger partial charge is 0.340 e. The molecule has 0 atom stereocenters. The van der Waals surface area contributed by atoms with E-state index in [9.17, 15) is 4.79 Å². The Kier molecular flexibility index (Phi) is 6.42. The second kappa shape index (κ2) is 8.97. The molecule has 3 rings (SSSR count). The topological polar surface area (TPSA) is 42.4 Å². The molecule has 2 saturated heterocycles. The van der Waals surface area contributed by atoms with Crippen LogP contribution in [0.15, 0.2) is 35.4 Å². The number of rotatable bonds is 7. The minimum absolute atomic E-state index is 0.0341. The molecule has 6 nitrogen and oxygen atoms in total. The van der Waals surface area contributed by atoms with Gasteiger partial charge in [0.2, 0.25) is 0 Å². The highest BCUT2D eigenvalue weighted by Gasteiger charge is 2.27. The summed E-state index contributed by atoms with van der Waals surface area (Å²) in [6.45, 7) is 8.11. The SMILES string of the molecule is CN1CCN(CCCCN2CCN(/N=C/c3ccccc3)C2=O)CC1. The summed E-state index contributed by atoms with van der Waals surface area (Å²) < 4.78 is 0. The maximum atomic E-state index is 12.4. The van der Waals surface area contributed by atoms with Crippen LogP contribution in [0.25, 0.3) is 0 Å². The van der Waals surface area contributed by atoms with Gasteiger partial charge < -0.3 is 14.7 Å². The number of hydrazone groups is 1. The van der Waals surface area contributed by atoms with Crippen LogP contribution in [0.5, 0.6) is 0 Å². The quantitative estimate of drug-likeness (QED) is 0.560. The number of benzene rings is 1. The van der Waals surface area contributed by atoms with Crippen molar-refractivity contribution < 1.29 is 4.79 Å². The van der Waals surface area contributed by atoms with Crippen LogP contribution in [0.2, 0.25) is 0 Å². The van der Waals surface area contributed by atoms with Crippen LogP contribution in [0.1, 0.15) is 18.4 Å². The molecule has 136 valence electrons. The van der Waals surface area contributed by atoms with Gasteiger partial charge in [-0.15, -0.1) is 0 Å². The number of hydrogen-bond donors (Lipinski definition) is 0. The molecule has 2 aliphatic rings. The monoisotopic (exact) mass is 343 g/mol. The van der Waals surface area contributed by atoms with Crippen molar-refractivity contribution in [3.8, 4) is 0 Å². The van der Waals surface area contributed by atoms with Gasteiger partial charge in [0.1, 0.15) is 0 Å². The van der Waals surface area contributed by atoms with E-state index in [1.54, 1.807) is 11.2 Å². The molecule has 6 heteroatoms. The van der Waals surface area contributed by atoms with Crippen molar-refractivity contribution in [2.75, 3.05) is 59.4 Å². The Labute approximate surface area is 150 Å². The lowest BCUT2D eigenvalue weighted by molar-refractivity contribution is 0.150. The Hall–Kier alpha value is -1.92. The summed E-state index contributed by atoms with van der Waals surface area (Å²) in [5, 5.41) is 5.91. The van der Waals surface area contributed by atoms with Gasteiger partial charge in [0, 0.05) is 39.3 Å². The van der Waals surface area contributed by atoms with E-state index in [-0.39, 0.29) is 6.03 Å². The molecule has 1 aromatic carbocycles. The molecule has 2 amide bonds. The molecule has 0 aromatic heterocycles. The Morgan fingerprint density at radius 2 is 1.68 bits per heavy atom. The zero-order valence-corrected chi connectivity index (χ0v) is 15.2. The van der Waals surface area contributed by atoms with Gasteiger partial charge in [-0.3, -0.25) is 0 Å². The molecule has 25 heavy (non-hydrogen) atoms. The first-order valence-electron chi connectivity index (χ1n) is 9.29. The molecule has 0 radical (unpaired) electrons. The fourth-order valence-corrected chi connectivity index (χ4v) is 3.27. The van der Waals surface area contributed by atoms with Crippen molar-refractivity contribution in [2.24, 2.45) is 5.10 Å². The average molecular weight is 343 g/mol. The average Bonchev–Trinajstić information content (AvgIpc) is 2.99. The Morgan fingerprint density at radius 1 is 0.960 bits per heavy atom. The molecule has 2 heterocycles. The van der Waals surface area contributed by atoms with Crippen LogP contribution in [0.4, 0.5) is 4.79 Å². The molecule has 0 spiro atoms. The Bertz CT molecular complexity index is 568. The molecule has 2 aliphatic heterocycles. The molecule has 1 aromatic rings. The van der Waals surface area contributed by atoms with Crippen LogP contribution < -0.4 is 0 Å². The molecular formula is C19H29N5O. The van der Waals surface area contributed by atoms with E-state index in [0.717, 1.165) is 38.0 Å². The number of piperazine rings is 1. The van der Waals surface area contributed by atoms with Gasteiger partial charge in [0.25, 0.3) is 0 Å². The second-order valence-corrected chi connectivity index (χ2v) is 6.90. The van der Waals surface area contributed by atoms with Crippen LogP contribution in [-0.2, 0) is 0 Å². The molecule has 2 fully saturated rings. The van der Waals surface area contributed by atoms with E-state index in [1.165, 1.54) is 26.2 Å². The Balaban J connectivity index is 1.35. The first-order chi connectivity index (χ1) is 12.2. The predicted molar refractivity (Wildman–Crippen MR) is 101 cm³/mol. The van der Waals surface area contributed by atoms with Crippen LogP contribution >= 0.6 is 0 Å². The van der Waals surface area contributed by atoms with E-state index in [0.29, 0.717) is 6.54 Å². The van der Waals surface area contributed by atoms with Gasteiger partial charge in [0.05, 0.1) is 12.8 Å². The lowest BCUT2D eigenvalue weighted by Gasteiger charge is -2.32. The van der Waals surface area contributed by atoms with Crippen molar-refractivity contribution >= 4 is 12.2 Å². The third kappa shape index (κ3) is 5.28. The second-order valence-electron chi connectivity index (χ2n) is 6.90. The van der Waals surface area contributed by atoms with E-state index in [1.807, 2.05) is 35.2 Å². The third-order valence-corrected chi connectivity index (χ3v) is 4.97. The summed E-state index contributed by atoms with van der Waals surface area (Å²) in [4.78, 5) is 19.2. The number of likely N-dealkylation sites (N-methyl/N-ethyl adjacent to an activating group) is 1. The maximum absolute atomic E-state index is 12.4. The Morgan fingerprint density at radius 3 is 2.44 bits per heavy atom. The van der Waals surface area contributed by atoms with Gasteiger partial charge in [0.15, 0.2) is 0 Å². The van der Waals surface area contributed by atoms with E-state index in [4.69, 9.17) is 0 Å². The smallest absolute Gasteiger partial charge is 0.321 e. The number of amides is 2. The van der Waals surface area contributed by atoms with Gasteiger partial charge in [-0.1, -0.05) is 30.3 Å². The van der Waals surface area contributed by atoms with Crippen LogP contribution in [0, 0.1) is 0 Å². The highest BCUT2D eigenvalue weighted by atomic mass is 16.2. The van der Waals surface area contributed by atoms with Gasteiger partial charge in [-0.05, 0) is 32.0 Å². The zero-order valence-electron chi connectivity index (χ0n) is 15.2. The molecule has 0 bridgehead atoms. The number of hydrogen-bond acceptors (Lipinski definition) is 4. The summed E-state index contributed by atoms with van der Waals surface area (Å²) in [6.07, 6.45) is 3.98. The molecule has 0 aliphatic carbocycles. The van der Waals surface area contributed by atoms with Crippen molar-refractivity contribution in [3.05, 3.63) is 35.9 Å². The van der Waals surface area contributed by atoms with Crippen molar-refractivity contribution in [3.63, 3.8) is 0 Å². The predicted octanol–water partition coefficient (Wildman–Crippen LogP) is 1.79. The number of urea groups is 1. The van der Waals surface area contributed by atoms with Gasteiger partial charge >= 0.3 is 6.03 Å². The summed E-state index contributed by atoms with van der Waals surface area (Å²) in [7, 11) is 2.18. The van der Waals surface area contributed by atoms with E-state index in [2.05, 4.69) is 21.9 Å². The first kappa shape index (κ1) is 17.9. The fraction of sp³-hybridized carbons (Fsp3) is 0.579. The van der Waals surface area contributed by atoms with E-state index >= 15 is 0 Å². The van der Waals surface area contributed by atoms with Crippen LogP contribution in [-0.4, -0.2) is 91.4 Å². The normalized spacial score (nSPS) is 20.1. The highest BCUT2D eigenvalue weighted by molar-refractivity contribution is 5.82. The molecule has 0 N–H and O–H groups in total. The molecule has 0 unspecified atom stereocenters. The number of carbonyl (C=O) groups is 1. The van der Waals surface area contributed by atoms with Gasteiger partial charge in [-0.2, -0.15) is 5.10 Å². The maximum Gasteiger partial charge on any atom is 0.340 e. The summed E-state index contributed by atoms with van der Waals surface area (Å²) in [5.74, 6) is 0. The summed E-state index contributed by atoms with van der Waals surface area (Å²) >= 11 is 0. The summed E-state index contributed by atoms with van der Waals surface area (Å²) in [6, 6.07) is 9.93. The molecule has 0 saturated carbocycles. The summed E-state index contributed by atoms with van der Waals surface area (Å²) in [5.41, 5.74) is 1.01. The molecular weight excluding hydrogens is 314 g/mol.